The van der Waals surface area contributed by atoms with Gasteiger partial charge >= 0.3 is 0 Å². The molecule has 25 heavy (non-hydrogen) atoms. The van der Waals surface area contributed by atoms with E-state index in [0.717, 1.165) is 18.0 Å². The van der Waals surface area contributed by atoms with Crippen molar-refractivity contribution in [3.63, 3.8) is 0 Å². The van der Waals surface area contributed by atoms with Gasteiger partial charge in [-0.3, -0.25) is 9.59 Å². The van der Waals surface area contributed by atoms with Crippen molar-refractivity contribution in [2.75, 3.05) is 31.6 Å². The van der Waals surface area contributed by atoms with Crippen LogP contribution in [0.1, 0.15) is 20.3 Å². The predicted octanol–water partition coefficient (Wildman–Crippen LogP) is 1.68. The summed E-state index contributed by atoms with van der Waals surface area (Å²) in [4.78, 5) is 28.9. The second kappa shape index (κ2) is 8.06. The van der Waals surface area contributed by atoms with Crippen molar-refractivity contribution in [3.05, 3.63) is 24.3 Å². The Bertz CT molecular complexity index is 622. The average molecular weight is 368 g/mol. The number of carbonyl (C=O) groups excluding carboxylic acids is 2. The fourth-order valence-corrected chi connectivity index (χ4v) is 3.49. The first-order valence-corrected chi connectivity index (χ1v) is 8.49. The van der Waals surface area contributed by atoms with Crippen molar-refractivity contribution in [3.8, 4) is 5.75 Å². The van der Waals surface area contributed by atoms with E-state index in [1.165, 1.54) is 0 Å². The van der Waals surface area contributed by atoms with Crippen molar-refractivity contribution < 1.29 is 14.3 Å². The predicted molar refractivity (Wildman–Crippen MR) is 99.3 cm³/mol. The number of piperazine rings is 1. The largest absolute Gasteiger partial charge is 0.497 e. The maximum atomic E-state index is 12.9. The van der Waals surface area contributed by atoms with Gasteiger partial charge in [0.1, 0.15) is 5.75 Å². The number of carbonyl (C=O) groups is 2. The van der Waals surface area contributed by atoms with Gasteiger partial charge < -0.3 is 19.9 Å². The Morgan fingerprint density at radius 2 is 1.92 bits per heavy atom. The molecule has 0 spiro atoms. The molecule has 0 aromatic heterocycles. The number of amides is 2. The van der Waals surface area contributed by atoms with Gasteiger partial charge in [-0.1, -0.05) is 0 Å². The molecule has 2 fully saturated rings. The Morgan fingerprint density at radius 3 is 2.56 bits per heavy atom. The summed E-state index contributed by atoms with van der Waals surface area (Å²) in [7, 11) is 1.61. The van der Waals surface area contributed by atoms with Crippen LogP contribution in [0.2, 0.25) is 0 Å². The maximum Gasteiger partial charge on any atom is 0.228 e. The molecule has 0 saturated carbocycles. The lowest BCUT2D eigenvalue weighted by Gasteiger charge is -2.39. The smallest absolute Gasteiger partial charge is 0.228 e. The average Bonchev–Trinajstić information content (AvgIpc) is 2.98. The standard InChI is InChI=1S/C18H25N3O3.ClH/c1-12-13(2)20(9-8-19-12)18(23)14-10-17(22)21(11-14)15-4-6-16(24-3)7-5-15;/h4-7,12-14,19H,8-11H2,1-3H3;1H. The van der Waals surface area contributed by atoms with Crippen LogP contribution in [-0.2, 0) is 9.59 Å². The molecule has 138 valence electrons. The van der Waals surface area contributed by atoms with Gasteiger partial charge in [0, 0.05) is 43.8 Å². The molecule has 0 bridgehead atoms. The number of nitrogens with one attached hydrogen (secondary N) is 1. The Labute approximate surface area is 154 Å². The van der Waals surface area contributed by atoms with Crippen molar-refractivity contribution in [1.82, 2.24) is 10.2 Å². The number of halogens is 1. The molecule has 6 nitrogen and oxygen atoms in total. The lowest BCUT2D eigenvalue weighted by atomic mass is 10.0. The lowest BCUT2D eigenvalue weighted by molar-refractivity contribution is -0.139. The minimum atomic E-state index is -0.257. The van der Waals surface area contributed by atoms with Gasteiger partial charge in [0.05, 0.1) is 13.0 Å². The molecule has 2 aliphatic heterocycles. The van der Waals surface area contributed by atoms with Crippen LogP contribution in [-0.4, -0.2) is 55.5 Å². The highest BCUT2D eigenvalue weighted by molar-refractivity contribution is 6.00. The zero-order valence-electron chi connectivity index (χ0n) is 14.9. The van der Waals surface area contributed by atoms with Crippen LogP contribution >= 0.6 is 12.4 Å². The quantitative estimate of drug-likeness (QED) is 0.883. The van der Waals surface area contributed by atoms with E-state index in [2.05, 4.69) is 19.2 Å². The molecule has 2 heterocycles. The van der Waals surface area contributed by atoms with Crippen LogP contribution in [0, 0.1) is 5.92 Å². The van der Waals surface area contributed by atoms with Crippen molar-refractivity contribution in [1.29, 1.82) is 0 Å². The van der Waals surface area contributed by atoms with Gasteiger partial charge in [0.15, 0.2) is 0 Å². The van der Waals surface area contributed by atoms with Gasteiger partial charge in [-0.2, -0.15) is 0 Å². The molecule has 1 aromatic carbocycles. The molecule has 1 N–H and O–H groups in total. The summed E-state index contributed by atoms with van der Waals surface area (Å²) in [6.45, 7) is 6.12. The number of benzene rings is 1. The summed E-state index contributed by atoms with van der Waals surface area (Å²) in [6, 6.07) is 7.81. The Hall–Kier alpha value is -1.79. The zero-order valence-corrected chi connectivity index (χ0v) is 15.7. The van der Waals surface area contributed by atoms with E-state index < -0.39 is 0 Å². The summed E-state index contributed by atoms with van der Waals surface area (Å²) < 4.78 is 5.15. The molecular weight excluding hydrogens is 342 g/mol. The fourth-order valence-electron chi connectivity index (χ4n) is 3.49. The number of nitrogens with zero attached hydrogens (tertiary/aromatic N) is 2. The van der Waals surface area contributed by atoms with E-state index in [1.54, 1.807) is 12.0 Å². The first-order chi connectivity index (χ1) is 11.5. The Kier molecular flexibility index (Phi) is 6.30. The summed E-state index contributed by atoms with van der Waals surface area (Å²) in [5, 5.41) is 3.38. The lowest BCUT2D eigenvalue weighted by Crippen LogP contribution is -2.58. The number of anilines is 1. The summed E-state index contributed by atoms with van der Waals surface area (Å²) in [6.07, 6.45) is 0.288. The number of hydrogen-bond acceptors (Lipinski definition) is 4. The summed E-state index contributed by atoms with van der Waals surface area (Å²) in [5.41, 5.74) is 0.817. The molecule has 0 aliphatic carbocycles. The van der Waals surface area contributed by atoms with Gasteiger partial charge in [0.2, 0.25) is 11.8 Å². The van der Waals surface area contributed by atoms with E-state index in [4.69, 9.17) is 4.74 Å². The number of hydrogen-bond donors (Lipinski definition) is 1. The molecule has 2 saturated heterocycles. The molecule has 2 aliphatic rings. The van der Waals surface area contributed by atoms with E-state index in [9.17, 15) is 9.59 Å². The van der Waals surface area contributed by atoms with E-state index >= 15 is 0 Å². The molecule has 3 atom stereocenters. The monoisotopic (exact) mass is 367 g/mol. The molecule has 7 heteroatoms. The van der Waals surface area contributed by atoms with Gasteiger partial charge in [-0.15, -0.1) is 12.4 Å². The molecule has 3 rings (SSSR count). The van der Waals surface area contributed by atoms with Crippen molar-refractivity contribution >= 4 is 29.9 Å². The summed E-state index contributed by atoms with van der Waals surface area (Å²) >= 11 is 0. The van der Waals surface area contributed by atoms with Gasteiger partial charge in [0.25, 0.3) is 0 Å². The maximum absolute atomic E-state index is 12.9. The topological polar surface area (TPSA) is 61.9 Å². The highest BCUT2D eigenvalue weighted by Gasteiger charge is 2.39. The second-order valence-electron chi connectivity index (χ2n) is 6.62. The minimum absolute atomic E-state index is 0. The SMILES string of the molecule is COc1ccc(N2CC(C(=O)N3CCNC(C)C3C)CC2=O)cc1.Cl. The van der Waals surface area contributed by atoms with E-state index in [-0.39, 0.29) is 48.6 Å². The second-order valence-corrected chi connectivity index (χ2v) is 6.62. The number of methoxy groups -OCH3 is 1. The van der Waals surface area contributed by atoms with Crippen LogP contribution in [0.3, 0.4) is 0 Å². The van der Waals surface area contributed by atoms with Crippen LogP contribution in [0.5, 0.6) is 5.75 Å². The van der Waals surface area contributed by atoms with Crippen LogP contribution in [0.4, 0.5) is 5.69 Å². The third kappa shape index (κ3) is 3.90. The highest BCUT2D eigenvalue weighted by Crippen LogP contribution is 2.28. The van der Waals surface area contributed by atoms with Crippen molar-refractivity contribution in [2.24, 2.45) is 5.92 Å². The van der Waals surface area contributed by atoms with Crippen LogP contribution < -0.4 is 15.0 Å². The molecule has 3 unspecified atom stereocenters. The van der Waals surface area contributed by atoms with Crippen molar-refractivity contribution in [2.45, 2.75) is 32.4 Å². The molecule has 1 aromatic rings. The highest BCUT2D eigenvalue weighted by atomic mass is 35.5. The van der Waals surface area contributed by atoms with Gasteiger partial charge in [-0.25, -0.2) is 0 Å². The van der Waals surface area contributed by atoms with Gasteiger partial charge in [-0.05, 0) is 38.1 Å². The first-order valence-electron chi connectivity index (χ1n) is 8.49. The number of rotatable bonds is 3. The fraction of sp³-hybridized carbons (Fsp3) is 0.556. The molecule has 2 amide bonds. The molecular formula is C18H26ClN3O3. The zero-order chi connectivity index (χ0) is 17.3. The van der Waals surface area contributed by atoms with Crippen LogP contribution in [0.25, 0.3) is 0 Å². The van der Waals surface area contributed by atoms with E-state index in [0.29, 0.717) is 13.1 Å². The van der Waals surface area contributed by atoms with E-state index in [1.807, 2.05) is 29.2 Å². The molecule has 0 radical (unpaired) electrons. The first kappa shape index (κ1) is 19.5. The van der Waals surface area contributed by atoms with Crippen LogP contribution in [0.15, 0.2) is 24.3 Å². The minimum Gasteiger partial charge on any atom is -0.497 e. The Balaban J connectivity index is 0.00000225. The number of ether oxygens (including phenoxy) is 1. The normalized spacial score (nSPS) is 26.4. The Morgan fingerprint density at radius 1 is 1.24 bits per heavy atom. The third-order valence-corrected chi connectivity index (χ3v) is 5.18. The third-order valence-electron chi connectivity index (χ3n) is 5.18. The summed E-state index contributed by atoms with van der Waals surface area (Å²) in [5.74, 6) is 0.601.